The lowest BCUT2D eigenvalue weighted by molar-refractivity contribution is 1.30. The first-order chi connectivity index (χ1) is 20.3. The number of fused-ring (bicyclic) bond motifs is 6. The van der Waals surface area contributed by atoms with Crippen molar-refractivity contribution in [3.8, 4) is 32.3 Å². The third-order valence-corrected chi connectivity index (χ3v) is 10.3. The lowest BCUT2D eigenvalue weighted by Gasteiger charge is -2.26. The van der Waals surface area contributed by atoms with Crippen molar-refractivity contribution in [2.24, 2.45) is 0 Å². The average Bonchev–Trinajstić information content (AvgIpc) is 3.71. The minimum absolute atomic E-state index is 1.07. The molecular formula is C37H22N2S2. The van der Waals surface area contributed by atoms with E-state index in [0.717, 1.165) is 27.8 Å². The monoisotopic (exact) mass is 558 g/mol. The molecule has 0 N–H and O–H groups in total. The summed E-state index contributed by atoms with van der Waals surface area (Å²) in [7, 11) is 0. The van der Waals surface area contributed by atoms with Crippen LogP contribution in [0.2, 0.25) is 0 Å². The number of thiazole rings is 1. The van der Waals surface area contributed by atoms with Crippen molar-refractivity contribution in [3.05, 3.63) is 133 Å². The Balaban J connectivity index is 1.26. The van der Waals surface area contributed by atoms with Gasteiger partial charge in [0.15, 0.2) is 0 Å². The summed E-state index contributed by atoms with van der Waals surface area (Å²) in [5.74, 6) is 0. The Morgan fingerprint density at radius 2 is 1.29 bits per heavy atom. The molecule has 2 aromatic heterocycles. The summed E-state index contributed by atoms with van der Waals surface area (Å²) in [6, 6.07) is 48.1. The van der Waals surface area contributed by atoms with Crippen LogP contribution in [0.15, 0.2) is 133 Å². The highest BCUT2D eigenvalue weighted by Crippen LogP contribution is 2.53. The third kappa shape index (κ3) is 3.51. The minimum atomic E-state index is 1.07. The van der Waals surface area contributed by atoms with Crippen LogP contribution in [0.25, 0.3) is 63.2 Å². The molecule has 0 radical (unpaired) electrons. The lowest BCUT2D eigenvalue weighted by Crippen LogP contribution is -2.09. The Morgan fingerprint density at radius 1 is 0.512 bits per heavy atom. The third-order valence-electron chi connectivity index (χ3n) is 8.00. The lowest BCUT2D eigenvalue weighted by atomic mass is 10.0. The highest BCUT2D eigenvalue weighted by atomic mass is 32.1. The Kier molecular flexibility index (Phi) is 4.97. The number of hydrogen-bond donors (Lipinski definition) is 0. The highest BCUT2D eigenvalue weighted by Gasteiger charge is 2.28. The van der Waals surface area contributed by atoms with Crippen LogP contribution in [-0.4, -0.2) is 4.98 Å². The van der Waals surface area contributed by atoms with Gasteiger partial charge in [0.2, 0.25) is 0 Å². The van der Waals surface area contributed by atoms with Crippen LogP contribution in [0.3, 0.4) is 0 Å². The van der Waals surface area contributed by atoms with Gasteiger partial charge in [-0.05, 0) is 53.2 Å². The number of hydrogen-bond acceptors (Lipinski definition) is 4. The van der Waals surface area contributed by atoms with Crippen LogP contribution in [0, 0.1) is 0 Å². The number of para-hydroxylation sites is 1. The van der Waals surface area contributed by atoms with Crippen molar-refractivity contribution in [3.63, 3.8) is 0 Å². The van der Waals surface area contributed by atoms with Gasteiger partial charge in [-0.25, -0.2) is 4.98 Å². The van der Waals surface area contributed by atoms with Crippen LogP contribution < -0.4 is 4.90 Å². The molecule has 0 bridgehead atoms. The number of nitrogens with zero attached hydrogens (tertiary/aromatic N) is 2. The molecule has 0 aliphatic heterocycles. The second-order valence-corrected chi connectivity index (χ2v) is 12.5. The van der Waals surface area contributed by atoms with E-state index in [1.807, 2.05) is 11.3 Å². The van der Waals surface area contributed by atoms with Crippen LogP contribution in [0.5, 0.6) is 0 Å². The summed E-state index contributed by atoms with van der Waals surface area (Å²) in [6.45, 7) is 0. The molecule has 9 rings (SSSR count). The SMILES string of the molecule is c1ccc(-c2nc3c(s2)-c2cc(N(c4ccccc4)c4ccc5c(c4)sc4ccccc45)cc4cccc-3c24)cc1. The van der Waals surface area contributed by atoms with E-state index in [-0.39, 0.29) is 0 Å². The maximum Gasteiger partial charge on any atom is 0.124 e. The fraction of sp³-hybridized carbons (Fsp3) is 0. The predicted molar refractivity (Wildman–Crippen MR) is 177 cm³/mol. The number of anilines is 3. The molecule has 192 valence electrons. The Labute approximate surface area is 245 Å². The molecule has 1 aliphatic rings. The minimum Gasteiger partial charge on any atom is -0.310 e. The van der Waals surface area contributed by atoms with Gasteiger partial charge in [0.1, 0.15) is 5.01 Å². The molecule has 0 spiro atoms. The molecule has 0 saturated heterocycles. The molecule has 1 aliphatic carbocycles. The fourth-order valence-corrected chi connectivity index (χ4v) is 8.43. The number of aromatic nitrogens is 1. The quantitative estimate of drug-likeness (QED) is 0.214. The largest absolute Gasteiger partial charge is 0.310 e. The van der Waals surface area contributed by atoms with Crippen molar-refractivity contribution in [1.82, 2.24) is 4.98 Å². The van der Waals surface area contributed by atoms with Gasteiger partial charge < -0.3 is 4.90 Å². The molecular weight excluding hydrogens is 537 g/mol. The van der Waals surface area contributed by atoms with Crippen molar-refractivity contribution in [1.29, 1.82) is 0 Å². The van der Waals surface area contributed by atoms with E-state index in [2.05, 4.69) is 138 Å². The number of thiophene rings is 1. The summed E-state index contributed by atoms with van der Waals surface area (Å²) in [5, 5.41) is 6.25. The van der Waals surface area contributed by atoms with Gasteiger partial charge in [-0.1, -0.05) is 91.0 Å². The predicted octanol–water partition coefficient (Wildman–Crippen LogP) is 11.4. The summed E-state index contributed by atoms with van der Waals surface area (Å²) >= 11 is 3.65. The molecule has 6 aromatic carbocycles. The topological polar surface area (TPSA) is 16.1 Å². The first-order valence-corrected chi connectivity index (χ1v) is 15.4. The molecule has 2 nitrogen and oxygen atoms in total. The molecule has 2 heterocycles. The van der Waals surface area contributed by atoms with Crippen molar-refractivity contribution in [2.45, 2.75) is 0 Å². The zero-order valence-corrected chi connectivity index (χ0v) is 23.5. The van der Waals surface area contributed by atoms with Gasteiger partial charge in [0.25, 0.3) is 0 Å². The number of rotatable bonds is 4. The van der Waals surface area contributed by atoms with Crippen LogP contribution >= 0.6 is 22.7 Å². The van der Waals surface area contributed by atoms with Crippen molar-refractivity contribution >= 4 is 70.7 Å². The van der Waals surface area contributed by atoms with E-state index in [9.17, 15) is 0 Å². The van der Waals surface area contributed by atoms with Gasteiger partial charge >= 0.3 is 0 Å². The van der Waals surface area contributed by atoms with Crippen LogP contribution in [0.1, 0.15) is 0 Å². The first-order valence-electron chi connectivity index (χ1n) is 13.7. The molecule has 8 aromatic rings. The second-order valence-electron chi connectivity index (χ2n) is 10.4. The standard InChI is InChI=1S/C37H22N2S2/c1-3-10-23(11-4-1)37-38-35-30-16-9-12-24-20-27(21-31(34(24)30)36(35)41-37)39(25-13-5-2-6-14-25)26-18-19-29-28-15-7-8-17-32(28)40-33(29)22-26/h1-22H. The van der Waals surface area contributed by atoms with Gasteiger partial charge in [-0.15, -0.1) is 22.7 Å². The van der Waals surface area contributed by atoms with Crippen molar-refractivity contribution < 1.29 is 0 Å². The van der Waals surface area contributed by atoms with Gasteiger partial charge in [0, 0.05) is 53.9 Å². The molecule has 0 atom stereocenters. The van der Waals surface area contributed by atoms with Crippen LogP contribution in [0.4, 0.5) is 17.1 Å². The smallest absolute Gasteiger partial charge is 0.124 e. The Morgan fingerprint density at radius 3 is 2.17 bits per heavy atom. The van der Waals surface area contributed by atoms with E-state index < -0.39 is 0 Å². The van der Waals surface area contributed by atoms with E-state index in [0.29, 0.717) is 0 Å². The van der Waals surface area contributed by atoms with Crippen LogP contribution in [-0.2, 0) is 0 Å². The van der Waals surface area contributed by atoms with E-state index in [1.165, 1.54) is 52.5 Å². The highest BCUT2D eigenvalue weighted by molar-refractivity contribution is 7.25. The molecule has 0 unspecified atom stereocenters. The van der Waals surface area contributed by atoms with Gasteiger partial charge in [0.05, 0.1) is 10.6 Å². The van der Waals surface area contributed by atoms with E-state index in [1.54, 1.807) is 11.3 Å². The zero-order chi connectivity index (χ0) is 26.9. The molecule has 0 saturated carbocycles. The second kappa shape index (κ2) is 8.87. The molecule has 4 heteroatoms. The Bertz CT molecular complexity index is 2260. The molecule has 0 fully saturated rings. The molecule has 41 heavy (non-hydrogen) atoms. The average molecular weight is 559 g/mol. The first kappa shape index (κ1) is 23.0. The summed E-state index contributed by atoms with van der Waals surface area (Å²) in [4.78, 5) is 8.80. The summed E-state index contributed by atoms with van der Waals surface area (Å²) in [5.41, 5.74) is 8.22. The molecule has 0 amide bonds. The maximum atomic E-state index is 5.15. The zero-order valence-electron chi connectivity index (χ0n) is 21.9. The summed E-state index contributed by atoms with van der Waals surface area (Å²) < 4.78 is 2.62. The summed E-state index contributed by atoms with van der Waals surface area (Å²) in [6.07, 6.45) is 0. The van der Waals surface area contributed by atoms with Gasteiger partial charge in [-0.2, -0.15) is 0 Å². The van der Waals surface area contributed by atoms with E-state index >= 15 is 0 Å². The Hall–Kier alpha value is -4.77. The van der Waals surface area contributed by atoms with Gasteiger partial charge in [-0.3, -0.25) is 0 Å². The number of benzene rings is 6. The normalized spacial score (nSPS) is 11.9. The van der Waals surface area contributed by atoms with Crippen molar-refractivity contribution in [2.75, 3.05) is 4.90 Å². The maximum absolute atomic E-state index is 5.15. The fourth-order valence-electron chi connectivity index (χ4n) is 6.18. The van der Waals surface area contributed by atoms with E-state index in [4.69, 9.17) is 4.98 Å².